The summed E-state index contributed by atoms with van der Waals surface area (Å²) >= 11 is 0. The highest BCUT2D eigenvalue weighted by molar-refractivity contribution is 5.26. The van der Waals surface area contributed by atoms with Gasteiger partial charge in [0.05, 0.1) is 0 Å². The molecule has 0 radical (unpaired) electrons. The Hall–Kier alpha value is -1.81. The van der Waals surface area contributed by atoms with E-state index in [2.05, 4.69) is 5.32 Å². The summed E-state index contributed by atoms with van der Waals surface area (Å²) in [6, 6.07) is 10.2. The van der Waals surface area contributed by atoms with Crippen LogP contribution in [0.25, 0.3) is 0 Å². The Morgan fingerprint density at radius 1 is 1.00 bits per heavy atom. The van der Waals surface area contributed by atoms with Gasteiger partial charge in [-0.2, -0.15) is 0 Å². The maximum atomic E-state index is 13.3. The second kappa shape index (κ2) is 6.57. The smallest absolute Gasteiger partial charge is 0.159 e. The minimum atomic E-state index is -0.857. The Kier molecular flexibility index (Phi) is 4.79. The molecule has 0 heterocycles. The second-order valence-corrected chi connectivity index (χ2v) is 4.76. The molecule has 20 heavy (non-hydrogen) atoms. The van der Waals surface area contributed by atoms with E-state index in [1.165, 1.54) is 18.2 Å². The number of hydrogen-bond acceptors (Lipinski definition) is 1. The van der Waals surface area contributed by atoms with Gasteiger partial charge in [-0.1, -0.05) is 18.2 Å². The van der Waals surface area contributed by atoms with Gasteiger partial charge >= 0.3 is 0 Å². The molecule has 0 bridgehead atoms. The van der Waals surface area contributed by atoms with Gasteiger partial charge in [0.25, 0.3) is 0 Å². The SMILES string of the molecule is CNCC(Cc1ccc(F)c(F)c1)c1cccc(F)c1. The fraction of sp³-hybridized carbons (Fsp3) is 0.250. The normalized spacial score (nSPS) is 12.4. The molecule has 1 N–H and O–H groups in total. The average Bonchev–Trinajstić information content (AvgIpc) is 2.42. The fourth-order valence-corrected chi connectivity index (χ4v) is 2.27. The molecule has 2 rings (SSSR count). The van der Waals surface area contributed by atoms with Crippen LogP contribution >= 0.6 is 0 Å². The van der Waals surface area contributed by atoms with Crippen molar-refractivity contribution in [2.24, 2.45) is 0 Å². The topological polar surface area (TPSA) is 12.0 Å². The molecule has 0 fully saturated rings. The molecule has 1 nitrogen and oxygen atoms in total. The maximum Gasteiger partial charge on any atom is 0.159 e. The lowest BCUT2D eigenvalue weighted by Gasteiger charge is -2.17. The molecule has 0 saturated carbocycles. The van der Waals surface area contributed by atoms with E-state index in [1.807, 2.05) is 6.07 Å². The third kappa shape index (κ3) is 3.61. The second-order valence-electron chi connectivity index (χ2n) is 4.76. The van der Waals surface area contributed by atoms with E-state index in [0.29, 0.717) is 18.5 Å². The lowest BCUT2D eigenvalue weighted by atomic mass is 9.92. The van der Waals surface area contributed by atoms with Crippen molar-refractivity contribution in [3.05, 3.63) is 71.0 Å². The number of halogens is 3. The highest BCUT2D eigenvalue weighted by Gasteiger charge is 2.13. The number of likely N-dealkylation sites (N-methyl/N-ethyl adjacent to an activating group) is 1. The molecule has 2 aromatic rings. The lowest BCUT2D eigenvalue weighted by Crippen LogP contribution is -2.19. The molecular formula is C16H16F3N. The summed E-state index contributed by atoms with van der Waals surface area (Å²) in [5.74, 6) is -2.01. The highest BCUT2D eigenvalue weighted by atomic mass is 19.2. The summed E-state index contributed by atoms with van der Waals surface area (Å²) in [4.78, 5) is 0. The van der Waals surface area contributed by atoms with Crippen molar-refractivity contribution < 1.29 is 13.2 Å². The zero-order valence-corrected chi connectivity index (χ0v) is 11.2. The first-order valence-electron chi connectivity index (χ1n) is 6.44. The van der Waals surface area contributed by atoms with Gasteiger partial charge in [0.2, 0.25) is 0 Å². The summed E-state index contributed by atoms with van der Waals surface area (Å²) in [6.45, 7) is 0.627. The summed E-state index contributed by atoms with van der Waals surface area (Å²) in [7, 11) is 1.80. The maximum absolute atomic E-state index is 13.3. The van der Waals surface area contributed by atoms with Crippen molar-refractivity contribution >= 4 is 0 Å². The third-order valence-electron chi connectivity index (χ3n) is 3.24. The minimum absolute atomic E-state index is 0.000520. The summed E-state index contributed by atoms with van der Waals surface area (Å²) < 4.78 is 39.4. The number of benzene rings is 2. The molecule has 1 unspecified atom stereocenters. The largest absolute Gasteiger partial charge is 0.319 e. The van der Waals surface area contributed by atoms with Crippen LogP contribution in [0.4, 0.5) is 13.2 Å². The monoisotopic (exact) mass is 279 g/mol. The van der Waals surface area contributed by atoms with Crippen LogP contribution in [-0.2, 0) is 6.42 Å². The predicted molar refractivity (Wildman–Crippen MR) is 73.1 cm³/mol. The molecule has 0 spiro atoms. The lowest BCUT2D eigenvalue weighted by molar-refractivity contribution is 0.505. The van der Waals surface area contributed by atoms with E-state index in [1.54, 1.807) is 19.2 Å². The van der Waals surface area contributed by atoms with Crippen molar-refractivity contribution in [2.75, 3.05) is 13.6 Å². The van der Waals surface area contributed by atoms with E-state index in [9.17, 15) is 13.2 Å². The molecule has 0 aromatic heterocycles. The van der Waals surface area contributed by atoms with Gasteiger partial charge in [-0.3, -0.25) is 0 Å². The van der Waals surface area contributed by atoms with Crippen molar-refractivity contribution in [2.45, 2.75) is 12.3 Å². The van der Waals surface area contributed by atoms with Crippen LogP contribution in [0, 0.1) is 17.5 Å². The zero-order valence-electron chi connectivity index (χ0n) is 11.2. The van der Waals surface area contributed by atoms with Gasteiger partial charge in [0.1, 0.15) is 5.82 Å². The summed E-state index contributed by atoms with van der Waals surface area (Å²) in [5, 5.41) is 3.04. The van der Waals surface area contributed by atoms with Gasteiger partial charge in [0, 0.05) is 12.5 Å². The summed E-state index contributed by atoms with van der Waals surface area (Å²) in [6.07, 6.45) is 0.515. The number of rotatable bonds is 5. The Morgan fingerprint density at radius 3 is 2.45 bits per heavy atom. The Morgan fingerprint density at radius 2 is 1.80 bits per heavy atom. The molecule has 0 aliphatic rings. The van der Waals surface area contributed by atoms with Crippen molar-refractivity contribution in [1.82, 2.24) is 5.32 Å². The van der Waals surface area contributed by atoms with Crippen molar-refractivity contribution in [3.63, 3.8) is 0 Å². The molecule has 1 atom stereocenters. The number of hydrogen-bond donors (Lipinski definition) is 1. The standard InChI is InChI=1S/C16H16F3N/c1-20-10-13(12-3-2-4-14(17)9-12)7-11-5-6-15(18)16(19)8-11/h2-6,8-9,13,20H,7,10H2,1H3. The predicted octanol–water partition coefficient (Wildman–Crippen LogP) is 3.65. The van der Waals surface area contributed by atoms with Crippen LogP contribution < -0.4 is 5.32 Å². The quantitative estimate of drug-likeness (QED) is 0.881. The fourth-order valence-electron chi connectivity index (χ4n) is 2.27. The average molecular weight is 279 g/mol. The molecule has 106 valence electrons. The van der Waals surface area contributed by atoms with Crippen LogP contribution in [0.2, 0.25) is 0 Å². The third-order valence-corrected chi connectivity index (χ3v) is 3.24. The van der Waals surface area contributed by atoms with E-state index in [4.69, 9.17) is 0 Å². The van der Waals surface area contributed by atoms with Crippen LogP contribution in [0.3, 0.4) is 0 Å². The van der Waals surface area contributed by atoms with Gasteiger partial charge < -0.3 is 5.32 Å². The van der Waals surface area contributed by atoms with Crippen LogP contribution in [-0.4, -0.2) is 13.6 Å². The van der Waals surface area contributed by atoms with Gasteiger partial charge in [-0.15, -0.1) is 0 Å². The molecule has 4 heteroatoms. The zero-order chi connectivity index (χ0) is 14.5. The molecule has 2 aromatic carbocycles. The van der Waals surface area contributed by atoms with Gasteiger partial charge in [-0.25, -0.2) is 13.2 Å². The van der Waals surface area contributed by atoms with E-state index in [0.717, 1.165) is 11.6 Å². The van der Waals surface area contributed by atoms with Gasteiger partial charge in [0.15, 0.2) is 11.6 Å². The molecule has 0 saturated heterocycles. The molecule has 0 aliphatic heterocycles. The first kappa shape index (κ1) is 14.6. The summed E-state index contributed by atoms with van der Waals surface area (Å²) in [5.41, 5.74) is 1.53. The van der Waals surface area contributed by atoms with Crippen LogP contribution in [0.5, 0.6) is 0 Å². The first-order valence-corrected chi connectivity index (χ1v) is 6.44. The van der Waals surface area contributed by atoms with Gasteiger partial charge in [-0.05, 0) is 48.9 Å². The van der Waals surface area contributed by atoms with E-state index < -0.39 is 11.6 Å². The molecule has 0 amide bonds. The molecular weight excluding hydrogens is 263 g/mol. The van der Waals surface area contributed by atoms with Crippen molar-refractivity contribution in [3.8, 4) is 0 Å². The van der Waals surface area contributed by atoms with E-state index >= 15 is 0 Å². The van der Waals surface area contributed by atoms with Crippen LogP contribution in [0.1, 0.15) is 17.0 Å². The van der Waals surface area contributed by atoms with E-state index in [-0.39, 0.29) is 11.7 Å². The molecule has 0 aliphatic carbocycles. The minimum Gasteiger partial charge on any atom is -0.319 e. The number of nitrogens with one attached hydrogen (secondary N) is 1. The van der Waals surface area contributed by atoms with Crippen molar-refractivity contribution in [1.29, 1.82) is 0 Å². The Balaban J connectivity index is 2.22. The first-order chi connectivity index (χ1) is 9.60. The Labute approximate surface area is 116 Å². The van der Waals surface area contributed by atoms with Crippen LogP contribution in [0.15, 0.2) is 42.5 Å². The highest BCUT2D eigenvalue weighted by Crippen LogP contribution is 2.22. The Bertz CT molecular complexity index is 584.